The van der Waals surface area contributed by atoms with Crippen molar-refractivity contribution in [3.8, 4) is 90.3 Å². The van der Waals surface area contributed by atoms with Crippen LogP contribution in [0.5, 0.6) is 34.6 Å². The largest absolute Gasteiger partial charge is 0.492 e. The Hall–Kier alpha value is -13.7. The zero-order valence-corrected chi connectivity index (χ0v) is 80.9. The number of rotatable bonds is 12. The van der Waals surface area contributed by atoms with E-state index in [4.69, 9.17) is 58.1 Å². The molecule has 0 radical (unpaired) electrons. The third-order valence-corrected chi connectivity index (χ3v) is 26.4. The molecule has 36 heteroatoms. The first-order chi connectivity index (χ1) is 69.6. The minimum absolute atomic E-state index is 0.124. The number of carbonyl (C=O) groups excluding carboxylic acids is 1. The summed E-state index contributed by atoms with van der Waals surface area (Å²) in [5, 5.41) is 42.3. The normalized spacial score (nSPS) is 17.2. The fourth-order valence-electron chi connectivity index (χ4n) is 18.6. The maximum Gasteiger partial charge on any atom is 0.323 e. The summed E-state index contributed by atoms with van der Waals surface area (Å²) < 4.78 is 50.3. The average molecular weight is 1910 g/mol. The summed E-state index contributed by atoms with van der Waals surface area (Å²) in [7, 11) is 0. The van der Waals surface area contributed by atoms with E-state index >= 15 is 0 Å². The van der Waals surface area contributed by atoms with E-state index < -0.39 is 0 Å². The fourth-order valence-corrected chi connectivity index (χ4v) is 18.6. The molecule has 0 saturated carbocycles. The molecule has 0 aliphatic carbocycles. The predicted octanol–water partition coefficient (Wildman–Crippen LogP) is 12.3. The molecule has 0 atom stereocenters. The van der Waals surface area contributed by atoms with Gasteiger partial charge in [-0.1, -0.05) is 60.7 Å². The number of anilines is 4. The van der Waals surface area contributed by atoms with Crippen molar-refractivity contribution >= 4 is 57.5 Å². The number of ether oxygens (including phenoxy) is 7. The monoisotopic (exact) mass is 1910 g/mol. The van der Waals surface area contributed by atoms with Crippen LogP contribution in [0.25, 0.3) is 83.9 Å². The third kappa shape index (κ3) is 25.9. The zero-order valence-electron chi connectivity index (χ0n) is 80.9. The molecule has 8 aliphatic rings. The molecule has 3 fully saturated rings. The lowest BCUT2D eigenvalue weighted by Crippen LogP contribution is -2.45. The third-order valence-electron chi connectivity index (χ3n) is 26.4. The Labute approximate surface area is 822 Å². The Kier molecular flexibility index (Phi) is 33.1. The van der Waals surface area contributed by atoms with Gasteiger partial charge in [0.05, 0.1) is 44.2 Å². The topological polar surface area (TPSA) is 327 Å². The molecule has 36 nitrogen and oxygen atoms in total. The number of amides is 2. The van der Waals surface area contributed by atoms with Crippen molar-refractivity contribution < 1.29 is 38.0 Å². The lowest BCUT2D eigenvalue weighted by molar-refractivity contribution is 0.0329. The molecule has 6 N–H and O–H groups in total. The van der Waals surface area contributed by atoms with Crippen molar-refractivity contribution in [2.45, 2.75) is 64.8 Å². The molecule has 5 aromatic carbocycles. The number of hydrogen-bond donors (Lipinski definition) is 6. The number of likely N-dealkylation sites (tertiary alicyclic amines) is 2. The van der Waals surface area contributed by atoms with Crippen LogP contribution in [0, 0.1) is 0 Å². The Morgan fingerprint density at radius 2 is 0.709 bits per heavy atom. The van der Waals surface area contributed by atoms with Crippen molar-refractivity contribution in [1.82, 2.24) is 118 Å². The van der Waals surface area contributed by atoms with Crippen LogP contribution in [0.3, 0.4) is 0 Å². The van der Waals surface area contributed by atoms with E-state index in [-0.39, 0.29) is 6.03 Å². The van der Waals surface area contributed by atoms with Gasteiger partial charge in [0.1, 0.15) is 91.7 Å². The van der Waals surface area contributed by atoms with E-state index in [1.165, 1.54) is 64.8 Å². The first-order valence-electron chi connectivity index (χ1n) is 50.2. The molecule has 20 bridgehead atoms. The van der Waals surface area contributed by atoms with Gasteiger partial charge in [-0.2, -0.15) is 30.5 Å². The SMILES string of the molecule is CC(C)N1CCNc2ccn3ncc(c3n2)-c2cccc(c2)OCC1.O=C(NCCCN1CCCC1)N1CCNCCOc2cccc(c2)-c2cnn3ccc1nc23.c1cc2cc(c1)-c1cnn3ccc(nc13)NCCCNCCO2.c1cc2cc(c1)-c1cnn3ccc(nc13)NCCN(CCN1CCOCC1)CCO2.c1cc2cc(c1)-c1cnn3ccc(nc13)OCCN(CCCN1CCCC1)CCO2. The smallest absolute Gasteiger partial charge is 0.323 e. The molecule has 738 valence electrons. The van der Waals surface area contributed by atoms with Crippen LogP contribution in [0.1, 0.15) is 58.8 Å². The summed E-state index contributed by atoms with van der Waals surface area (Å²) in [6.45, 7) is 34.5. The van der Waals surface area contributed by atoms with E-state index in [2.05, 4.69) is 143 Å². The highest BCUT2D eigenvalue weighted by Gasteiger charge is 2.25. The van der Waals surface area contributed by atoms with Crippen molar-refractivity contribution in [1.29, 1.82) is 0 Å². The average Bonchev–Trinajstić information content (AvgIpc) is 1.67. The highest BCUT2D eigenvalue weighted by atomic mass is 16.5. The zero-order chi connectivity index (χ0) is 95.5. The van der Waals surface area contributed by atoms with Crippen LogP contribution in [-0.4, -0.2) is 337 Å². The maximum atomic E-state index is 13.1. The molecule has 141 heavy (non-hydrogen) atoms. The first kappa shape index (κ1) is 96.2. The number of nitrogens with zero attached hydrogens (tertiary/aromatic N) is 22. The standard InChI is InChI=1S/C24H31N7O2.C23H29N5O2.C22H28N6O2.C19H23N5O.C17H19N5O/c32-24(26-8-4-13-29-11-1-2-12-29)30-15-9-25-10-16-33-20-6-3-5-19(17-20)21-18-27-31-14-7-22(30)28-23(21)31;1-2-9-26(8-1)10-4-11-27-13-15-29-20-6-3-5-19(17-20)21-18-24-28-12-7-22(25-23(21)28)30-16-14-27;1-2-18-16-19(3-1)30-15-12-26(8-9-27-10-13-29-14-11-27)7-5-23-21-4-6-28-22(25-21)20(18)17-24-28;1-14(2)23-9-7-20-18-6-8-24-19(22-18)17(13-21-24)15-4-3-5-16(12-15)25-11-10-23;1-3-13-11-14(4-1)23-10-8-18-6-2-7-19-16-5-9-22-17(21-16)15(13)12-20-22/h3,5-7,14,17-18,25H,1-2,4,8-13,15-16H2,(H,26,32);3,5-7,12,17-18H,1-2,4,8-11,13-16H2;1-4,6,16-17H,5,7-15H2,(H,23,25);3-6,8,12-14H,7,9-11H2,1-2H3,(H,20,22);1,3-5,9,11-12,18H,2,6-8,10H2,(H,19,21). The number of carbonyl (C=O) groups is 1. The van der Waals surface area contributed by atoms with E-state index in [0.29, 0.717) is 89.2 Å². The lowest BCUT2D eigenvalue weighted by Gasteiger charge is -2.30. The van der Waals surface area contributed by atoms with Gasteiger partial charge in [0.15, 0.2) is 28.2 Å². The van der Waals surface area contributed by atoms with Gasteiger partial charge in [-0.25, -0.2) is 47.3 Å². The Morgan fingerprint density at radius 3 is 1.18 bits per heavy atom. The first-order valence-corrected chi connectivity index (χ1v) is 50.2. The Bertz CT molecular complexity index is 6540. The van der Waals surface area contributed by atoms with E-state index in [0.717, 1.165) is 262 Å². The molecule has 3 saturated heterocycles. The van der Waals surface area contributed by atoms with Gasteiger partial charge in [-0.3, -0.25) is 24.5 Å². The van der Waals surface area contributed by atoms with E-state index in [1.54, 1.807) is 29.2 Å². The molecule has 15 aromatic rings. The number of urea groups is 1. The highest BCUT2D eigenvalue weighted by Crippen LogP contribution is 2.35. The highest BCUT2D eigenvalue weighted by molar-refractivity contribution is 5.92. The number of nitrogens with one attached hydrogen (secondary N) is 6. The number of morpholine rings is 1. The van der Waals surface area contributed by atoms with Gasteiger partial charge in [-0.15, -0.1) is 0 Å². The molecule has 2 amide bonds. The summed E-state index contributed by atoms with van der Waals surface area (Å²) >= 11 is 0. The number of hydrogen-bond acceptors (Lipinski definition) is 29. The van der Waals surface area contributed by atoms with Crippen LogP contribution in [-0.2, 0) is 4.74 Å². The van der Waals surface area contributed by atoms with Crippen LogP contribution >= 0.6 is 0 Å². The summed E-state index contributed by atoms with van der Waals surface area (Å²) in [5.74, 6) is 8.22. The van der Waals surface area contributed by atoms with Crippen molar-refractivity contribution in [3.63, 3.8) is 0 Å². The number of fused-ring (bicyclic) bond motifs is 20. The van der Waals surface area contributed by atoms with Crippen LogP contribution in [0.15, 0.2) is 214 Å². The fraction of sp³-hybridized carbons (Fsp3) is 0.419. The molecular weight excluding hydrogens is 1780 g/mol. The second-order valence-electron chi connectivity index (χ2n) is 36.4. The van der Waals surface area contributed by atoms with Gasteiger partial charge >= 0.3 is 6.03 Å². The molecular formula is C105H130N28O8. The van der Waals surface area contributed by atoms with Gasteiger partial charge in [0, 0.05) is 189 Å². The second-order valence-corrected chi connectivity index (χ2v) is 36.4. The molecule has 23 rings (SSSR count). The van der Waals surface area contributed by atoms with Crippen LogP contribution < -0.4 is 65.2 Å². The van der Waals surface area contributed by atoms with E-state index in [9.17, 15) is 4.79 Å². The summed E-state index contributed by atoms with van der Waals surface area (Å²) in [6.07, 6.45) is 27.3. The van der Waals surface area contributed by atoms with Gasteiger partial charge in [0.25, 0.3) is 0 Å². The Morgan fingerprint density at radius 1 is 0.333 bits per heavy atom. The predicted molar refractivity (Wildman–Crippen MR) is 549 cm³/mol. The summed E-state index contributed by atoms with van der Waals surface area (Å²) in [4.78, 5) is 53.5. The van der Waals surface area contributed by atoms with E-state index in [1.807, 2.05) is 169 Å². The van der Waals surface area contributed by atoms with Gasteiger partial charge in [0.2, 0.25) is 5.88 Å². The maximum absolute atomic E-state index is 13.1. The number of aromatic nitrogens is 15. The molecule has 0 spiro atoms. The molecule has 0 unspecified atom stereocenters. The quantitative estimate of drug-likeness (QED) is 0.0619. The van der Waals surface area contributed by atoms with Crippen molar-refractivity contribution in [2.24, 2.45) is 0 Å². The summed E-state index contributed by atoms with van der Waals surface area (Å²) in [5.41, 5.74) is 14.2. The van der Waals surface area contributed by atoms with Crippen molar-refractivity contribution in [3.05, 3.63) is 214 Å². The van der Waals surface area contributed by atoms with Crippen molar-refractivity contribution in [2.75, 3.05) is 244 Å². The van der Waals surface area contributed by atoms with Gasteiger partial charge < -0.3 is 74.9 Å². The number of benzene rings is 5. The lowest BCUT2D eigenvalue weighted by atomic mass is 10.1. The molecule has 10 aromatic heterocycles. The minimum atomic E-state index is -0.124. The summed E-state index contributed by atoms with van der Waals surface area (Å²) in [6, 6.07) is 50.5. The Balaban J connectivity index is 0.000000113. The van der Waals surface area contributed by atoms with Gasteiger partial charge in [-0.05, 0) is 224 Å². The van der Waals surface area contributed by atoms with Crippen LogP contribution in [0.2, 0.25) is 0 Å². The molecule has 8 aliphatic heterocycles. The second kappa shape index (κ2) is 48.5. The minimum Gasteiger partial charge on any atom is -0.492 e. The molecule has 18 heterocycles. The van der Waals surface area contributed by atoms with Crippen LogP contribution in [0.4, 0.5) is 28.1 Å².